The molecule has 0 N–H and O–H groups in total. The maximum absolute atomic E-state index is 11.5. The monoisotopic (exact) mass is 223 g/mol. The van der Waals surface area contributed by atoms with Crippen molar-refractivity contribution in [3.8, 4) is 0 Å². The van der Waals surface area contributed by atoms with Crippen LogP contribution in [0.2, 0.25) is 0 Å². The van der Waals surface area contributed by atoms with E-state index in [1.807, 2.05) is 0 Å². The minimum atomic E-state index is -3.66. The molecular formula is C7H10ClNO3S. The Morgan fingerprint density at radius 1 is 1.46 bits per heavy atom. The standard InChI is InChI=1S/C7H10ClNO3S/c1-7(2)6(8)5(4-10)13(11,12)9(7)3/h4H,1-3H3. The summed E-state index contributed by atoms with van der Waals surface area (Å²) in [6.07, 6.45) is 0.281. The van der Waals surface area contributed by atoms with E-state index >= 15 is 0 Å². The van der Waals surface area contributed by atoms with Gasteiger partial charge in [-0.3, -0.25) is 4.79 Å². The molecule has 1 aliphatic heterocycles. The number of rotatable bonds is 1. The lowest BCUT2D eigenvalue weighted by Gasteiger charge is -2.26. The van der Waals surface area contributed by atoms with Crippen molar-refractivity contribution in [1.29, 1.82) is 0 Å². The van der Waals surface area contributed by atoms with Gasteiger partial charge in [0, 0.05) is 7.05 Å². The molecule has 0 aromatic heterocycles. The quantitative estimate of drug-likeness (QED) is 0.615. The zero-order valence-corrected chi connectivity index (χ0v) is 9.11. The molecule has 0 bridgehead atoms. The van der Waals surface area contributed by atoms with E-state index < -0.39 is 15.6 Å². The van der Waals surface area contributed by atoms with Crippen LogP contribution in [0.1, 0.15) is 13.8 Å². The van der Waals surface area contributed by atoms with Crippen molar-refractivity contribution >= 4 is 27.9 Å². The van der Waals surface area contributed by atoms with E-state index in [0.717, 1.165) is 4.31 Å². The molecule has 0 amide bonds. The first kappa shape index (κ1) is 10.7. The number of hydrogen-bond acceptors (Lipinski definition) is 3. The predicted octanol–water partition coefficient (Wildman–Crippen LogP) is 0.690. The third kappa shape index (κ3) is 1.22. The Labute approximate surface area is 82.2 Å². The molecule has 13 heavy (non-hydrogen) atoms. The Morgan fingerprint density at radius 3 is 2.08 bits per heavy atom. The van der Waals surface area contributed by atoms with Crippen LogP contribution >= 0.6 is 11.6 Å². The second-order valence-corrected chi connectivity index (χ2v) is 5.64. The molecule has 74 valence electrons. The maximum atomic E-state index is 11.5. The van der Waals surface area contributed by atoms with Crippen molar-refractivity contribution < 1.29 is 13.2 Å². The third-order valence-corrected chi connectivity index (χ3v) is 5.10. The highest BCUT2D eigenvalue weighted by molar-refractivity contribution is 7.94. The number of likely N-dealkylation sites (N-methyl/N-ethyl adjacent to an activating group) is 1. The molecule has 0 unspecified atom stereocenters. The number of carbonyl (C=O) groups is 1. The average molecular weight is 224 g/mol. The van der Waals surface area contributed by atoms with Gasteiger partial charge in [0.05, 0.1) is 10.6 Å². The van der Waals surface area contributed by atoms with Gasteiger partial charge in [0.2, 0.25) is 10.0 Å². The largest absolute Gasteiger partial charge is 0.297 e. The Morgan fingerprint density at radius 2 is 1.92 bits per heavy atom. The van der Waals surface area contributed by atoms with Crippen LogP contribution in [0.5, 0.6) is 0 Å². The van der Waals surface area contributed by atoms with Crippen LogP contribution in [-0.2, 0) is 14.8 Å². The Hall–Kier alpha value is -0.390. The van der Waals surface area contributed by atoms with Crippen LogP contribution in [0.15, 0.2) is 9.94 Å². The SMILES string of the molecule is CN1C(C)(C)C(Cl)=C(C=O)S1(=O)=O. The molecule has 0 saturated heterocycles. The fraction of sp³-hybridized carbons (Fsp3) is 0.571. The smallest absolute Gasteiger partial charge is 0.248 e. The van der Waals surface area contributed by atoms with E-state index in [-0.39, 0.29) is 16.2 Å². The average Bonchev–Trinajstić information content (AvgIpc) is 2.12. The highest BCUT2D eigenvalue weighted by atomic mass is 35.5. The van der Waals surface area contributed by atoms with Gasteiger partial charge in [-0.2, -0.15) is 4.31 Å². The predicted molar refractivity (Wildman–Crippen MR) is 49.7 cm³/mol. The van der Waals surface area contributed by atoms with E-state index in [0.29, 0.717) is 0 Å². The summed E-state index contributed by atoms with van der Waals surface area (Å²) < 4.78 is 24.1. The molecule has 1 aliphatic rings. The van der Waals surface area contributed by atoms with Gasteiger partial charge in [-0.1, -0.05) is 11.6 Å². The number of carbonyl (C=O) groups excluding carboxylic acids is 1. The van der Waals surface area contributed by atoms with Gasteiger partial charge in [0.25, 0.3) is 0 Å². The van der Waals surface area contributed by atoms with Gasteiger partial charge < -0.3 is 0 Å². The van der Waals surface area contributed by atoms with Crippen LogP contribution in [0.4, 0.5) is 0 Å². The van der Waals surface area contributed by atoms with E-state index in [1.54, 1.807) is 13.8 Å². The fourth-order valence-corrected chi connectivity index (χ4v) is 3.21. The number of nitrogens with zero attached hydrogens (tertiary/aromatic N) is 1. The zero-order valence-electron chi connectivity index (χ0n) is 7.54. The van der Waals surface area contributed by atoms with Crippen LogP contribution in [0, 0.1) is 0 Å². The first-order valence-corrected chi connectivity index (χ1v) is 5.42. The van der Waals surface area contributed by atoms with Gasteiger partial charge in [-0.25, -0.2) is 8.42 Å². The van der Waals surface area contributed by atoms with E-state index in [2.05, 4.69) is 0 Å². The summed E-state index contributed by atoms with van der Waals surface area (Å²) in [5.74, 6) is 0. The molecule has 0 saturated carbocycles. The molecular weight excluding hydrogens is 214 g/mol. The van der Waals surface area contributed by atoms with Crippen molar-refractivity contribution in [1.82, 2.24) is 4.31 Å². The number of aldehydes is 1. The van der Waals surface area contributed by atoms with Crippen molar-refractivity contribution in [2.75, 3.05) is 7.05 Å². The number of hydrogen-bond donors (Lipinski definition) is 0. The van der Waals surface area contributed by atoms with Gasteiger partial charge in [-0.05, 0) is 13.8 Å². The van der Waals surface area contributed by atoms with Gasteiger partial charge >= 0.3 is 0 Å². The van der Waals surface area contributed by atoms with E-state index in [1.165, 1.54) is 7.05 Å². The van der Waals surface area contributed by atoms with Gasteiger partial charge in [0.1, 0.15) is 4.91 Å². The summed E-state index contributed by atoms with van der Waals surface area (Å²) in [6, 6.07) is 0. The molecule has 0 aromatic rings. The van der Waals surface area contributed by atoms with Crippen molar-refractivity contribution in [2.45, 2.75) is 19.4 Å². The lowest BCUT2D eigenvalue weighted by atomic mass is 10.1. The molecule has 0 aromatic carbocycles. The molecule has 0 aliphatic carbocycles. The highest BCUT2D eigenvalue weighted by Crippen LogP contribution is 2.39. The normalized spacial score (nSPS) is 26.5. The maximum Gasteiger partial charge on any atom is 0.248 e. The molecule has 0 fully saturated rings. The Kier molecular flexibility index (Phi) is 2.30. The van der Waals surface area contributed by atoms with Crippen molar-refractivity contribution in [2.24, 2.45) is 0 Å². The van der Waals surface area contributed by atoms with Crippen LogP contribution in [0.25, 0.3) is 0 Å². The molecule has 0 atom stereocenters. The van der Waals surface area contributed by atoms with E-state index in [9.17, 15) is 13.2 Å². The van der Waals surface area contributed by atoms with E-state index in [4.69, 9.17) is 11.6 Å². The minimum Gasteiger partial charge on any atom is -0.297 e. The third-order valence-electron chi connectivity index (χ3n) is 2.29. The second-order valence-electron chi connectivity index (χ2n) is 3.33. The summed E-state index contributed by atoms with van der Waals surface area (Å²) in [5.41, 5.74) is -0.823. The highest BCUT2D eigenvalue weighted by Gasteiger charge is 2.47. The van der Waals surface area contributed by atoms with Crippen molar-refractivity contribution in [3.63, 3.8) is 0 Å². The summed E-state index contributed by atoms with van der Waals surface area (Å²) in [7, 11) is -2.26. The van der Waals surface area contributed by atoms with Crippen LogP contribution < -0.4 is 0 Å². The Bertz CT molecular complexity index is 383. The molecule has 1 rings (SSSR count). The molecule has 0 spiro atoms. The number of allylic oxidation sites excluding steroid dienone is 1. The Balaban J connectivity index is 3.50. The summed E-state index contributed by atoms with van der Waals surface area (Å²) in [4.78, 5) is 10.2. The van der Waals surface area contributed by atoms with Gasteiger partial charge in [-0.15, -0.1) is 0 Å². The first-order chi connectivity index (χ1) is 5.76. The lowest BCUT2D eigenvalue weighted by molar-refractivity contribution is -0.104. The molecule has 1 heterocycles. The minimum absolute atomic E-state index is 0.0741. The summed E-state index contributed by atoms with van der Waals surface area (Å²) in [5, 5.41) is 0.0741. The van der Waals surface area contributed by atoms with Gasteiger partial charge in [0.15, 0.2) is 6.29 Å². The zero-order chi connectivity index (χ0) is 10.4. The first-order valence-electron chi connectivity index (χ1n) is 3.60. The van der Waals surface area contributed by atoms with Crippen LogP contribution in [-0.4, -0.2) is 31.6 Å². The van der Waals surface area contributed by atoms with Crippen LogP contribution in [0.3, 0.4) is 0 Å². The topological polar surface area (TPSA) is 54.5 Å². The fourth-order valence-electron chi connectivity index (χ4n) is 1.11. The summed E-state index contributed by atoms with van der Waals surface area (Å²) >= 11 is 5.78. The molecule has 4 nitrogen and oxygen atoms in total. The lowest BCUT2D eigenvalue weighted by Crippen LogP contribution is -2.39. The number of halogens is 1. The molecule has 0 radical (unpaired) electrons. The molecule has 6 heteroatoms. The second kappa shape index (κ2) is 2.80. The van der Waals surface area contributed by atoms with Crippen molar-refractivity contribution in [3.05, 3.63) is 9.94 Å². The number of sulfonamides is 1. The summed E-state index contributed by atoms with van der Waals surface area (Å²) in [6.45, 7) is 3.28.